The van der Waals surface area contributed by atoms with Crippen LogP contribution in [0, 0.1) is 0 Å². The van der Waals surface area contributed by atoms with Crippen LogP contribution in [0.25, 0.3) is 0 Å². The van der Waals surface area contributed by atoms with Gasteiger partial charge in [0.2, 0.25) is 0 Å². The number of hydrogen-bond acceptors (Lipinski definition) is 3. The van der Waals surface area contributed by atoms with Gasteiger partial charge in [0.05, 0.1) is 25.4 Å². The Kier molecular flexibility index (Phi) is 7.23. The molecule has 0 radical (unpaired) electrons. The van der Waals surface area contributed by atoms with Gasteiger partial charge in [0, 0.05) is 0 Å². The third-order valence-electron chi connectivity index (χ3n) is 2.26. The minimum Gasteiger partial charge on any atom is -0.394 e. The van der Waals surface area contributed by atoms with E-state index in [2.05, 4.69) is 6.92 Å². The summed E-state index contributed by atoms with van der Waals surface area (Å²) in [5, 5.41) is 18.5. The highest BCUT2D eigenvalue weighted by Crippen LogP contribution is 2.18. The molecule has 13 heavy (non-hydrogen) atoms. The van der Waals surface area contributed by atoms with E-state index in [0.717, 1.165) is 19.3 Å². The first-order valence-corrected chi connectivity index (χ1v) is 5.09. The Morgan fingerprint density at radius 1 is 1.31 bits per heavy atom. The van der Waals surface area contributed by atoms with Crippen LogP contribution in [0.3, 0.4) is 0 Å². The van der Waals surface area contributed by atoms with Crippen molar-refractivity contribution in [1.82, 2.24) is 0 Å². The van der Waals surface area contributed by atoms with Crippen molar-refractivity contribution in [3.05, 3.63) is 0 Å². The molecule has 3 nitrogen and oxygen atoms in total. The molecule has 0 aliphatic heterocycles. The Balaban J connectivity index is 3.67. The highest BCUT2D eigenvalue weighted by atomic mass is 16.5. The van der Waals surface area contributed by atoms with Gasteiger partial charge in [0.25, 0.3) is 0 Å². The van der Waals surface area contributed by atoms with Crippen molar-refractivity contribution in [2.24, 2.45) is 0 Å². The van der Waals surface area contributed by atoms with Crippen molar-refractivity contribution >= 4 is 0 Å². The third kappa shape index (κ3) is 6.02. The first kappa shape index (κ1) is 12.9. The first-order chi connectivity index (χ1) is 6.18. The van der Waals surface area contributed by atoms with E-state index in [1.54, 1.807) is 0 Å². The van der Waals surface area contributed by atoms with Crippen LogP contribution in [0.4, 0.5) is 0 Å². The predicted octanol–water partition coefficient (Wildman–Crippen LogP) is 1.33. The van der Waals surface area contributed by atoms with Gasteiger partial charge in [-0.3, -0.25) is 0 Å². The van der Waals surface area contributed by atoms with Crippen molar-refractivity contribution in [1.29, 1.82) is 0 Å². The molecule has 1 atom stereocenters. The molecule has 0 heterocycles. The number of hydrogen-bond donors (Lipinski definition) is 2. The fourth-order valence-electron chi connectivity index (χ4n) is 1.18. The zero-order chi connectivity index (χ0) is 10.2. The lowest BCUT2D eigenvalue weighted by molar-refractivity contribution is -0.0607. The summed E-state index contributed by atoms with van der Waals surface area (Å²) in [5.41, 5.74) is -0.689. The molecule has 0 aromatic carbocycles. The molecule has 0 saturated heterocycles. The molecule has 0 aromatic rings. The van der Waals surface area contributed by atoms with Crippen LogP contribution in [-0.4, -0.2) is 35.6 Å². The van der Waals surface area contributed by atoms with Gasteiger partial charge in [-0.1, -0.05) is 26.7 Å². The van der Waals surface area contributed by atoms with Crippen molar-refractivity contribution in [3.8, 4) is 0 Å². The Morgan fingerprint density at radius 2 is 2.00 bits per heavy atom. The van der Waals surface area contributed by atoms with Gasteiger partial charge in [-0.05, 0) is 12.8 Å². The molecule has 0 rings (SSSR count). The number of rotatable bonds is 8. The van der Waals surface area contributed by atoms with Crippen LogP contribution in [0.5, 0.6) is 0 Å². The predicted molar refractivity (Wildman–Crippen MR) is 52.7 cm³/mol. The lowest BCUT2D eigenvalue weighted by Crippen LogP contribution is -2.34. The maximum atomic E-state index is 9.97. The lowest BCUT2D eigenvalue weighted by Gasteiger charge is -2.26. The molecule has 80 valence electrons. The molecular formula is C10H22O3. The van der Waals surface area contributed by atoms with Crippen molar-refractivity contribution < 1.29 is 14.9 Å². The molecule has 0 aliphatic rings. The second-order valence-electron chi connectivity index (χ2n) is 3.46. The fraction of sp³-hybridized carbons (Fsp3) is 1.00. The second kappa shape index (κ2) is 7.30. The summed E-state index contributed by atoms with van der Waals surface area (Å²) in [6.07, 6.45) is 3.60. The van der Waals surface area contributed by atoms with Gasteiger partial charge in [0.15, 0.2) is 0 Å². The summed E-state index contributed by atoms with van der Waals surface area (Å²) in [7, 11) is 0. The Bertz CT molecular complexity index is 117. The molecule has 0 aliphatic carbocycles. The second-order valence-corrected chi connectivity index (χ2v) is 3.46. The minimum atomic E-state index is -0.689. The SMILES string of the molecule is CCCCC(O)(CC)COCCO. The highest BCUT2D eigenvalue weighted by molar-refractivity contribution is 4.75. The number of aliphatic hydroxyl groups is 2. The monoisotopic (exact) mass is 190 g/mol. The number of unbranched alkanes of at least 4 members (excludes halogenated alkanes) is 1. The molecule has 0 bridgehead atoms. The molecule has 0 amide bonds. The average molecular weight is 190 g/mol. The molecule has 0 saturated carbocycles. The summed E-state index contributed by atoms with van der Waals surface area (Å²) in [4.78, 5) is 0. The normalized spacial score (nSPS) is 15.7. The molecule has 1 unspecified atom stereocenters. The van der Waals surface area contributed by atoms with E-state index in [1.165, 1.54) is 0 Å². The van der Waals surface area contributed by atoms with Gasteiger partial charge in [-0.15, -0.1) is 0 Å². The van der Waals surface area contributed by atoms with E-state index >= 15 is 0 Å². The van der Waals surface area contributed by atoms with Gasteiger partial charge in [0.1, 0.15) is 0 Å². The van der Waals surface area contributed by atoms with E-state index in [1.807, 2.05) is 6.92 Å². The summed E-state index contributed by atoms with van der Waals surface area (Å²) in [6.45, 7) is 4.73. The average Bonchev–Trinajstić information content (AvgIpc) is 2.15. The smallest absolute Gasteiger partial charge is 0.0877 e. The van der Waals surface area contributed by atoms with Crippen molar-refractivity contribution in [2.75, 3.05) is 19.8 Å². The zero-order valence-electron chi connectivity index (χ0n) is 8.75. The quantitative estimate of drug-likeness (QED) is 0.568. The molecule has 0 spiro atoms. The van der Waals surface area contributed by atoms with E-state index in [4.69, 9.17) is 9.84 Å². The largest absolute Gasteiger partial charge is 0.394 e. The fourth-order valence-corrected chi connectivity index (χ4v) is 1.18. The van der Waals surface area contributed by atoms with Gasteiger partial charge < -0.3 is 14.9 Å². The van der Waals surface area contributed by atoms with Gasteiger partial charge >= 0.3 is 0 Å². The molecule has 2 N–H and O–H groups in total. The Hall–Kier alpha value is -0.120. The summed E-state index contributed by atoms with van der Waals surface area (Å²) in [6, 6.07) is 0. The van der Waals surface area contributed by atoms with Crippen LogP contribution in [-0.2, 0) is 4.74 Å². The van der Waals surface area contributed by atoms with Gasteiger partial charge in [-0.2, -0.15) is 0 Å². The molecular weight excluding hydrogens is 168 g/mol. The topological polar surface area (TPSA) is 49.7 Å². The Morgan fingerprint density at radius 3 is 2.46 bits per heavy atom. The maximum absolute atomic E-state index is 9.97. The summed E-state index contributed by atoms with van der Waals surface area (Å²) >= 11 is 0. The van der Waals surface area contributed by atoms with Crippen molar-refractivity contribution in [2.45, 2.75) is 45.1 Å². The van der Waals surface area contributed by atoms with Crippen molar-refractivity contribution in [3.63, 3.8) is 0 Å². The molecule has 0 fully saturated rings. The molecule has 3 heteroatoms. The van der Waals surface area contributed by atoms with E-state index < -0.39 is 5.60 Å². The zero-order valence-corrected chi connectivity index (χ0v) is 8.75. The standard InChI is InChI=1S/C10H22O3/c1-3-5-6-10(12,4-2)9-13-8-7-11/h11-12H,3-9H2,1-2H3. The number of ether oxygens (including phenoxy) is 1. The van der Waals surface area contributed by atoms with Crippen LogP contribution < -0.4 is 0 Å². The minimum absolute atomic E-state index is 0.0214. The maximum Gasteiger partial charge on any atom is 0.0877 e. The van der Waals surface area contributed by atoms with E-state index in [9.17, 15) is 5.11 Å². The third-order valence-corrected chi connectivity index (χ3v) is 2.26. The van der Waals surface area contributed by atoms with E-state index in [-0.39, 0.29) is 6.61 Å². The lowest BCUT2D eigenvalue weighted by atomic mass is 9.95. The molecule has 0 aromatic heterocycles. The number of aliphatic hydroxyl groups excluding tert-OH is 1. The van der Waals surface area contributed by atoms with E-state index in [0.29, 0.717) is 19.6 Å². The van der Waals surface area contributed by atoms with Gasteiger partial charge in [-0.25, -0.2) is 0 Å². The summed E-state index contributed by atoms with van der Waals surface area (Å²) in [5.74, 6) is 0. The summed E-state index contributed by atoms with van der Waals surface area (Å²) < 4.78 is 5.14. The van der Waals surface area contributed by atoms with Crippen LogP contribution in [0.2, 0.25) is 0 Å². The Labute approximate surface area is 80.7 Å². The van der Waals surface area contributed by atoms with Crippen LogP contribution in [0.1, 0.15) is 39.5 Å². The highest BCUT2D eigenvalue weighted by Gasteiger charge is 2.23. The van der Waals surface area contributed by atoms with Crippen LogP contribution in [0.15, 0.2) is 0 Å². The first-order valence-electron chi connectivity index (χ1n) is 5.09. The van der Waals surface area contributed by atoms with Crippen LogP contribution >= 0.6 is 0 Å².